The average Bonchev–Trinajstić information content (AvgIpc) is 2.83. The fourth-order valence-corrected chi connectivity index (χ4v) is 1.90. The van der Waals surface area contributed by atoms with E-state index in [1.54, 1.807) is 17.1 Å². The maximum absolute atomic E-state index is 11.8. The van der Waals surface area contributed by atoms with Gasteiger partial charge in [0.05, 0.1) is 11.6 Å². The SMILES string of the molecule is NC(Cc1ccccn1)C(=O)c1cscn1. The quantitative estimate of drug-likeness (QED) is 0.808. The van der Waals surface area contributed by atoms with Gasteiger partial charge < -0.3 is 5.73 Å². The number of nitrogens with two attached hydrogens (primary N) is 1. The molecule has 16 heavy (non-hydrogen) atoms. The van der Waals surface area contributed by atoms with Gasteiger partial charge in [-0.25, -0.2) is 4.98 Å². The highest BCUT2D eigenvalue weighted by atomic mass is 32.1. The van der Waals surface area contributed by atoms with Crippen LogP contribution in [-0.4, -0.2) is 21.8 Å². The molecule has 0 amide bonds. The van der Waals surface area contributed by atoms with Gasteiger partial charge in [0.1, 0.15) is 5.69 Å². The van der Waals surface area contributed by atoms with Crippen LogP contribution in [0.1, 0.15) is 16.2 Å². The van der Waals surface area contributed by atoms with E-state index in [0.29, 0.717) is 12.1 Å². The summed E-state index contributed by atoms with van der Waals surface area (Å²) in [5, 5.41) is 1.71. The summed E-state index contributed by atoms with van der Waals surface area (Å²) >= 11 is 1.39. The first kappa shape index (κ1) is 10.9. The molecule has 1 unspecified atom stereocenters. The molecule has 2 N–H and O–H groups in total. The van der Waals surface area contributed by atoms with E-state index in [4.69, 9.17) is 5.73 Å². The summed E-state index contributed by atoms with van der Waals surface area (Å²) in [5.41, 5.74) is 8.70. The fraction of sp³-hybridized carbons (Fsp3) is 0.182. The van der Waals surface area contributed by atoms with Crippen LogP contribution in [0.5, 0.6) is 0 Å². The van der Waals surface area contributed by atoms with Crippen molar-refractivity contribution in [3.05, 3.63) is 46.7 Å². The molecule has 4 nitrogen and oxygen atoms in total. The van der Waals surface area contributed by atoms with Crippen LogP contribution >= 0.6 is 11.3 Å². The minimum absolute atomic E-state index is 0.132. The fourth-order valence-electron chi connectivity index (χ4n) is 1.36. The largest absolute Gasteiger partial charge is 0.321 e. The Labute approximate surface area is 97.2 Å². The van der Waals surface area contributed by atoms with Gasteiger partial charge in [0.2, 0.25) is 0 Å². The Hall–Kier alpha value is -1.59. The molecule has 0 aliphatic rings. The van der Waals surface area contributed by atoms with Gasteiger partial charge in [0.25, 0.3) is 0 Å². The monoisotopic (exact) mass is 233 g/mol. The molecule has 2 aromatic heterocycles. The molecule has 0 spiro atoms. The topological polar surface area (TPSA) is 68.9 Å². The Morgan fingerprint density at radius 3 is 2.94 bits per heavy atom. The van der Waals surface area contributed by atoms with E-state index in [1.165, 1.54) is 11.3 Å². The molecule has 0 aliphatic carbocycles. The van der Waals surface area contributed by atoms with E-state index < -0.39 is 6.04 Å². The standard InChI is InChI=1S/C11H11N3OS/c12-9(5-8-3-1-2-4-13-8)11(15)10-6-16-7-14-10/h1-4,6-7,9H,5,12H2. The lowest BCUT2D eigenvalue weighted by Crippen LogP contribution is -2.33. The summed E-state index contributed by atoms with van der Waals surface area (Å²) in [5.74, 6) is -0.132. The van der Waals surface area contributed by atoms with Crippen molar-refractivity contribution in [2.45, 2.75) is 12.5 Å². The third-order valence-corrected chi connectivity index (χ3v) is 2.76. The zero-order valence-corrected chi connectivity index (χ0v) is 9.35. The summed E-state index contributed by atoms with van der Waals surface area (Å²) in [4.78, 5) is 19.9. The second-order valence-electron chi connectivity index (χ2n) is 3.37. The summed E-state index contributed by atoms with van der Waals surface area (Å²) in [7, 11) is 0. The van der Waals surface area contributed by atoms with Crippen molar-refractivity contribution in [1.29, 1.82) is 0 Å². The van der Waals surface area contributed by atoms with Gasteiger partial charge >= 0.3 is 0 Å². The molecule has 2 rings (SSSR count). The van der Waals surface area contributed by atoms with Crippen LogP contribution in [0.3, 0.4) is 0 Å². The van der Waals surface area contributed by atoms with Gasteiger partial charge in [-0.05, 0) is 12.1 Å². The van der Waals surface area contributed by atoms with Crippen molar-refractivity contribution in [2.75, 3.05) is 0 Å². The molecule has 2 aromatic rings. The lowest BCUT2D eigenvalue weighted by Gasteiger charge is -2.07. The molecular formula is C11H11N3OS. The van der Waals surface area contributed by atoms with Gasteiger partial charge in [0, 0.05) is 23.7 Å². The third-order valence-electron chi connectivity index (χ3n) is 2.18. The Morgan fingerprint density at radius 1 is 1.44 bits per heavy atom. The number of carbonyl (C=O) groups is 1. The number of Topliss-reactive ketones (excluding diaryl/α,β-unsaturated/α-hetero) is 1. The summed E-state index contributed by atoms with van der Waals surface area (Å²) in [6.07, 6.45) is 2.13. The Bertz CT molecular complexity index is 455. The number of pyridine rings is 1. The number of aromatic nitrogens is 2. The zero-order valence-electron chi connectivity index (χ0n) is 8.54. The molecule has 0 radical (unpaired) electrons. The number of hydrogen-bond donors (Lipinski definition) is 1. The first-order valence-corrected chi connectivity index (χ1v) is 5.79. The van der Waals surface area contributed by atoms with Crippen LogP contribution in [0.25, 0.3) is 0 Å². The van der Waals surface area contributed by atoms with Crippen molar-refractivity contribution in [1.82, 2.24) is 9.97 Å². The van der Waals surface area contributed by atoms with E-state index >= 15 is 0 Å². The summed E-state index contributed by atoms with van der Waals surface area (Å²) in [6.45, 7) is 0. The highest BCUT2D eigenvalue weighted by Crippen LogP contribution is 2.06. The van der Waals surface area contributed by atoms with Crippen molar-refractivity contribution < 1.29 is 4.79 Å². The van der Waals surface area contributed by atoms with E-state index in [-0.39, 0.29) is 5.78 Å². The highest BCUT2D eigenvalue weighted by Gasteiger charge is 2.18. The molecule has 5 heteroatoms. The smallest absolute Gasteiger partial charge is 0.199 e. The Morgan fingerprint density at radius 2 is 2.31 bits per heavy atom. The Balaban J connectivity index is 2.04. The predicted molar refractivity (Wildman–Crippen MR) is 62.4 cm³/mol. The van der Waals surface area contributed by atoms with Crippen LogP contribution in [0.4, 0.5) is 0 Å². The molecule has 0 fully saturated rings. The van der Waals surface area contributed by atoms with Gasteiger partial charge in [0.15, 0.2) is 5.78 Å². The second kappa shape index (κ2) is 4.96. The average molecular weight is 233 g/mol. The molecule has 0 aromatic carbocycles. The number of hydrogen-bond acceptors (Lipinski definition) is 5. The zero-order chi connectivity index (χ0) is 11.4. The normalized spacial score (nSPS) is 12.3. The van der Waals surface area contributed by atoms with Crippen LogP contribution < -0.4 is 5.73 Å². The van der Waals surface area contributed by atoms with Crippen molar-refractivity contribution >= 4 is 17.1 Å². The molecule has 0 bridgehead atoms. The first-order chi connectivity index (χ1) is 7.77. The van der Waals surface area contributed by atoms with E-state index in [1.807, 2.05) is 18.2 Å². The van der Waals surface area contributed by atoms with Crippen molar-refractivity contribution in [2.24, 2.45) is 5.73 Å². The third kappa shape index (κ3) is 2.50. The van der Waals surface area contributed by atoms with Crippen molar-refractivity contribution in [3.63, 3.8) is 0 Å². The van der Waals surface area contributed by atoms with E-state index in [0.717, 1.165) is 5.69 Å². The summed E-state index contributed by atoms with van der Waals surface area (Å²) in [6, 6.07) is 4.99. The number of nitrogens with zero attached hydrogens (tertiary/aromatic N) is 2. The van der Waals surface area contributed by atoms with E-state index in [9.17, 15) is 4.79 Å². The molecule has 0 aliphatic heterocycles. The molecule has 0 saturated carbocycles. The van der Waals surface area contributed by atoms with Crippen LogP contribution in [-0.2, 0) is 6.42 Å². The number of rotatable bonds is 4. The second-order valence-corrected chi connectivity index (χ2v) is 4.09. The number of ketones is 1. The maximum atomic E-state index is 11.8. The van der Waals surface area contributed by atoms with Gasteiger partial charge in [-0.1, -0.05) is 6.07 Å². The maximum Gasteiger partial charge on any atom is 0.199 e. The predicted octanol–water partition coefficient (Wildman–Crippen LogP) is 1.29. The number of carbonyl (C=O) groups excluding carboxylic acids is 1. The van der Waals surface area contributed by atoms with Gasteiger partial charge in [-0.15, -0.1) is 11.3 Å². The summed E-state index contributed by atoms with van der Waals surface area (Å²) < 4.78 is 0. The number of thiazole rings is 1. The van der Waals surface area contributed by atoms with Crippen LogP contribution in [0.15, 0.2) is 35.3 Å². The van der Waals surface area contributed by atoms with Crippen molar-refractivity contribution in [3.8, 4) is 0 Å². The van der Waals surface area contributed by atoms with E-state index in [2.05, 4.69) is 9.97 Å². The van der Waals surface area contributed by atoms with Gasteiger partial charge in [-0.3, -0.25) is 9.78 Å². The lowest BCUT2D eigenvalue weighted by atomic mass is 10.1. The van der Waals surface area contributed by atoms with Crippen LogP contribution in [0, 0.1) is 0 Å². The highest BCUT2D eigenvalue weighted by molar-refractivity contribution is 7.07. The minimum Gasteiger partial charge on any atom is -0.321 e. The Kier molecular flexibility index (Phi) is 3.38. The first-order valence-electron chi connectivity index (χ1n) is 4.85. The molecule has 82 valence electrons. The molecular weight excluding hydrogens is 222 g/mol. The minimum atomic E-state index is -0.572. The molecule has 0 saturated heterocycles. The van der Waals surface area contributed by atoms with Crippen LogP contribution in [0.2, 0.25) is 0 Å². The van der Waals surface area contributed by atoms with Gasteiger partial charge in [-0.2, -0.15) is 0 Å². The lowest BCUT2D eigenvalue weighted by molar-refractivity contribution is 0.0956. The molecule has 2 heterocycles. The molecule has 1 atom stereocenters.